The lowest BCUT2D eigenvalue weighted by Gasteiger charge is -2.35. The molecule has 3 aliphatic heterocycles. The van der Waals surface area contributed by atoms with Crippen molar-refractivity contribution in [1.29, 1.82) is 0 Å². The largest absolute Gasteiger partial charge is 0.507 e. The highest BCUT2D eigenvalue weighted by atomic mass is 35.5. The van der Waals surface area contributed by atoms with Crippen molar-refractivity contribution < 1.29 is 24.2 Å². The maximum atomic E-state index is 14.2. The number of aliphatic hydroxyl groups is 1. The van der Waals surface area contributed by atoms with Crippen molar-refractivity contribution in [1.82, 2.24) is 4.90 Å². The number of ketones is 1. The summed E-state index contributed by atoms with van der Waals surface area (Å²) in [5, 5.41) is 11.8. The zero-order valence-corrected chi connectivity index (χ0v) is 19.1. The van der Waals surface area contributed by atoms with E-state index in [-0.39, 0.29) is 30.3 Å². The Labute approximate surface area is 201 Å². The van der Waals surface area contributed by atoms with Crippen LogP contribution in [0.1, 0.15) is 24.0 Å². The van der Waals surface area contributed by atoms with Crippen LogP contribution in [0.25, 0.3) is 5.76 Å². The van der Waals surface area contributed by atoms with Gasteiger partial charge in [-0.1, -0.05) is 35.9 Å². The van der Waals surface area contributed by atoms with Crippen LogP contribution in [0.15, 0.2) is 66.8 Å². The number of hydrogen-bond acceptors (Lipinski definition) is 5. The minimum atomic E-state index is -1.80. The van der Waals surface area contributed by atoms with Crippen LogP contribution < -0.4 is 4.90 Å². The monoisotopic (exact) mass is 478 g/mol. The molecule has 2 saturated heterocycles. The lowest BCUT2D eigenvalue weighted by molar-refractivity contribution is -0.145. The Hall–Kier alpha value is -3.42. The summed E-state index contributed by atoms with van der Waals surface area (Å²) in [5.74, 6) is -2.65. The molecule has 3 aliphatic rings. The first kappa shape index (κ1) is 22.4. The van der Waals surface area contributed by atoms with Gasteiger partial charge in [0.2, 0.25) is 0 Å². The molecule has 2 amide bonds. The Morgan fingerprint density at radius 2 is 1.91 bits per heavy atom. The molecular formula is C26H23ClN2O5. The SMILES string of the molecule is C=CCN1C(=O)[C@]2(C(=C(O)c3ccc(Cl)cc3)C(=O)C(=O)N2C[C@H]2CCCO2)c2ccccc21. The number of ether oxygens (including phenoxy) is 1. The van der Waals surface area contributed by atoms with Crippen LogP contribution in [0.4, 0.5) is 5.69 Å². The summed E-state index contributed by atoms with van der Waals surface area (Å²) in [5.41, 5.74) is -0.736. The van der Waals surface area contributed by atoms with Gasteiger partial charge in [0.1, 0.15) is 5.76 Å². The topological polar surface area (TPSA) is 87.2 Å². The molecule has 2 aromatic carbocycles. The molecule has 2 fully saturated rings. The van der Waals surface area contributed by atoms with Crippen LogP contribution >= 0.6 is 11.6 Å². The number of fused-ring (bicyclic) bond motifs is 2. The normalized spacial score (nSPS) is 25.4. The molecule has 1 spiro atoms. The zero-order valence-electron chi connectivity index (χ0n) is 18.4. The van der Waals surface area contributed by atoms with Gasteiger partial charge in [-0.25, -0.2) is 0 Å². The molecule has 2 atom stereocenters. The van der Waals surface area contributed by atoms with Gasteiger partial charge in [-0.05, 0) is 43.2 Å². The predicted molar refractivity (Wildman–Crippen MR) is 127 cm³/mol. The van der Waals surface area contributed by atoms with E-state index in [0.717, 1.165) is 6.42 Å². The average molecular weight is 479 g/mol. The number of halogens is 1. The minimum Gasteiger partial charge on any atom is -0.507 e. The molecule has 0 unspecified atom stereocenters. The van der Waals surface area contributed by atoms with Crippen molar-refractivity contribution in [2.75, 3.05) is 24.6 Å². The number of benzene rings is 2. The number of likely N-dealkylation sites (tertiary alicyclic amines) is 1. The van der Waals surface area contributed by atoms with E-state index in [4.69, 9.17) is 16.3 Å². The minimum absolute atomic E-state index is 0.0595. The molecule has 8 heteroatoms. The fourth-order valence-corrected chi connectivity index (χ4v) is 5.30. The molecule has 0 radical (unpaired) electrons. The molecule has 0 bridgehead atoms. The van der Waals surface area contributed by atoms with Crippen molar-refractivity contribution in [2.45, 2.75) is 24.5 Å². The Balaban J connectivity index is 1.79. The second kappa shape index (κ2) is 8.42. The van der Waals surface area contributed by atoms with Crippen molar-refractivity contribution in [3.63, 3.8) is 0 Å². The highest BCUT2D eigenvalue weighted by molar-refractivity contribution is 6.50. The Bertz CT molecular complexity index is 1230. The number of amides is 2. The van der Waals surface area contributed by atoms with Gasteiger partial charge < -0.3 is 19.6 Å². The summed E-state index contributed by atoms with van der Waals surface area (Å²) in [4.78, 5) is 43.9. The third-order valence-corrected chi connectivity index (χ3v) is 6.90. The summed E-state index contributed by atoms with van der Waals surface area (Å²) in [6.45, 7) is 4.55. The Kier molecular flexibility index (Phi) is 5.54. The van der Waals surface area contributed by atoms with Gasteiger partial charge in [0.25, 0.3) is 17.6 Å². The summed E-state index contributed by atoms with van der Waals surface area (Å²) in [6, 6.07) is 13.3. The summed E-state index contributed by atoms with van der Waals surface area (Å²) < 4.78 is 5.75. The smallest absolute Gasteiger partial charge is 0.296 e. The number of Topliss-reactive ketones (excluding diaryl/α,β-unsaturated/α-hetero) is 1. The van der Waals surface area contributed by atoms with Crippen molar-refractivity contribution in [2.24, 2.45) is 0 Å². The lowest BCUT2D eigenvalue weighted by atomic mass is 9.81. The van der Waals surface area contributed by atoms with E-state index in [2.05, 4.69) is 6.58 Å². The van der Waals surface area contributed by atoms with E-state index in [1.807, 2.05) is 0 Å². The standard InChI is InChI=1S/C26H23ClN2O5/c1-2-13-28-20-8-4-3-7-19(20)26(25(28)33)21(22(30)16-9-11-17(27)12-10-16)23(31)24(32)29(26)15-18-6-5-14-34-18/h2-4,7-12,18,30H,1,5-6,13-15H2/t18-,26-/m1/s1. The number of anilines is 1. The van der Waals surface area contributed by atoms with Gasteiger partial charge in [0.15, 0.2) is 5.54 Å². The molecular weight excluding hydrogens is 456 g/mol. The lowest BCUT2D eigenvalue weighted by Crippen LogP contribution is -2.53. The number of aliphatic hydroxyl groups excluding tert-OH is 1. The number of carbonyl (C=O) groups excluding carboxylic acids is 3. The van der Waals surface area contributed by atoms with Gasteiger partial charge >= 0.3 is 0 Å². The van der Waals surface area contributed by atoms with E-state index in [0.29, 0.717) is 29.3 Å². The number of hydrogen-bond donors (Lipinski definition) is 1. The van der Waals surface area contributed by atoms with Gasteiger partial charge in [-0.15, -0.1) is 6.58 Å². The van der Waals surface area contributed by atoms with Crippen LogP contribution in [0.5, 0.6) is 0 Å². The molecule has 0 saturated carbocycles. The van der Waals surface area contributed by atoms with Gasteiger partial charge in [-0.2, -0.15) is 0 Å². The van der Waals surface area contributed by atoms with Gasteiger partial charge in [-0.3, -0.25) is 14.4 Å². The quantitative estimate of drug-likeness (QED) is 0.307. The third-order valence-electron chi connectivity index (χ3n) is 6.65. The maximum absolute atomic E-state index is 14.2. The van der Waals surface area contributed by atoms with E-state index >= 15 is 0 Å². The van der Waals surface area contributed by atoms with Gasteiger partial charge in [0, 0.05) is 35.8 Å². The first-order valence-corrected chi connectivity index (χ1v) is 11.5. The molecule has 0 aromatic heterocycles. The number of para-hydroxylation sites is 1. The Morgan fingerprint density at radius 1 is 1.18 bits per heavy atom. The first-order valence-electron chi connectivity index (χ1n) is 11.1. The molecule has 34 heavy (non-hydrogen) atoms. The maximum Gasteiger partial charge on any atom is 0.296 e. The molecule has 5 rings (SSSR count). The van der Waals surface area contributed by atoms with Crippen LogP contribution in [-0.2, 0) is 24.7 Å². The van der Waals surface area contributed by atoms with E-state index in [1.165, 1.54) is 9.80 Å². The van der Waals surface area contributed by atoms with E-state index in [9.17, 15) is 19.5 Å². The number of nitrogens with zero attached hydrogens (tertiary/aromatic N) is 2. The fourth-order valence-electron chi connectivity index (χ4n) is 5.17. The first-order chi connectivity index (χ1) is 16.4. The zero-order chi connectivity index (χ0) is 24.0. The molecule has 0 aliphatic carbocycles. The second-order valence-corrected chi connectivity index (χ2v) is 8.98. The van der Waals surface area contributed by atoms with Gasteiger partial charge in [0.05, 0.1) is 17.4 Å². The highest BCUT2D eigenvalue weighted by Gasteiger charge is 2.67. The number of rotatable bonds is 5. The van der Waals surface area contributed by atoms with Crippen molar-refractivity contribution in [3.05, 3.63) is 82.9 Å². The number of carbonyl (C=O) groups is 3. The van der Waals surface area contributed by atoms with E-state index in [1.54, 1.807) is 54.6 Å². The van der Waals surface area contributed by atoms with Crippen LogP contribution in [0.2, 0.25) is 5.02 Å². The summed E-state index contributed by atoms with van der Waals surface area (Å²) in [6.07, 6.45) is 2.82. The Morgan fingerprint density at radius 3 is 2.59 bits per heavy atom. The predicted octanol–water partition coefficient (Wildman–Crippen LogP) is 3.63. The average Bonchev–Trinajstić information content (AvgIpc) is 3.49. The third kappa shape index (κ3) is 3.11. The highest BCUT2D eigenvalue weighted by Crippen LogP contribution is 2.53. The van der Waals surface area contributed by atoms with Crippen LogP contribution in [-0.4, -0.2) is 53.4 Å². The second-order valence-electron chi connectivity index (χ2n) is 8.54. The van der Waals surface area contributed by atoms with Crippen LogP contribution in [0, 0.1) is 0 Å². The van der Waals surface area contributed by atoms with Crippen molar-refractivity contribution in [3.8, 4) is 0 Å². The fraction of sp³-hybridized carbons (Fsp3) is 0.269. The summed E-state index contributed by atoms with van der Waals surface area (Å²) >= 11 is 6.00. The molecule has 2 aromatic rings. The molecule has 1 N–H and O–H groups in total. The van der Waals surface area contributed by atoms with Crippen LogP contribution in [0.3, 0.4) is 0 Å². The van der Waals surface area contributed by atoms with Crippen molar-refractivity contribution >= 4 is 40.6 Å². The summed E-state index contributed by atoms with van der Waals surface area (Å²) in [7, 11) is 0. The molecule has 7 nitrogen and oxygen atoms in total. The van der Waals surface area contributed by atoms with E-state index < -0.39 is 28.9 Å². The molecule has 3 heterocycles. The molecule has 174 valence electrons.